The molecule has 0 aromatic heterocycles. The van der Waals surface area contributed by atoms with E-state index in [1.54, 1.807) is 0 Å². The molecule has 0 bridgehead atoms. The standard InChI is InChI=1S/C22H28N4O2/c1-24(2)20-10-8-18(9-11-20)16-23-21(27)17-25-12-14-26(15-13-25)22(28)19-6-4-3-5-7-19/h3-11H,12-17H2,1-2H3,(H,23,27). The van der Waals surface area contributed by atoms with Crippen molar-refractivity contribution in [2.24, 2.45) is 0 Å². The van der Waals surface area contributed by atoms with Crippen molar-refractivity contribution in [3.63, 3.8) is 0 Å². The number of anilines is 1. The summed E-state index contributed by atoms with van der Waals surface area (Å²) in [7, 11) is 4.01. The molecule has 1 heterocycles. The Hall–Kier alpha value is -2.86. The number of amides is 2. The average molecular weight is 380 g/mol. The second-order valence-corrected chi connectivity index (χ2v) is 7.27. The molecule has 2 aromatic carbocycles. The maximum absolute atomic E-state index is 12.5. The molecule has 1 aliphatic rings. The Balaban J connectivity index is 1.40. The van der Waals surface area contributed by atoms with E-state index in [2.05, 4.69) is 10.2 Å². The van der Waals surface area contributed by atoms with Crippen molar-refractivity contribution in [1.82, 2.24) is 15.1 Å². The lowest BCUT2D eigenvalue weighted by Gasteiger charge is -2.34. The van der Waals surface area contributed by atoms with Crippen LogP contribution in [0.5, 0.6) is 0 Å². The third-order valence-electron chi connectivity index (χ3n) is 4.99. The fourth-order valence-corrected chi connectivity index (χ4v) is 3.24. The van der Waals surface area contributed by atoms with Gasteiger partial charge in [-0.1, -0.05) is 30.3 Å². The van der Waals surface area contributed by atoms with Crippen LogP contribution in [0.4, 0.5) is 5.69 Å². The molecule has 0 aliphatic carbocycles. The third-order valence-corrected chi connectivity index (χ3v) is 4.99. The molecule has 3 rings (SSSR count). The van der Waals surface area contributed by atoms with Gasteiger partial charge in [-0.05, 0) is 29.8 Å². The Morgan fingerprint density at radius 2 is 1.57 bits per heavy atom. The maximum atomic E-state index is 12.5. The number of piperazine rings is 1. The van der Waals surface area contributed by atoms with Gasteiger partial charge in [-0.25, -0.2) is 0 Å². The van der Waals surface area contributed by atoms with Gasteiger partial charge in [0.05, 0.1) is 6.54 Å². The van der Waals surface area contributed by atoms with Gasteiger partial charge in [0.15, 0.2) is 0 Å². The van der Waals surface area contributed by atoms with Gasteiger partial charge in [-0.2, -0.15) is 0 Å². The molecule has 148 valence electrons. The minimum atomic E-state index is 0.0134. The van der Waals surface area contributed by atoms with Crippen molar-refractivity contribution in [1.29, 1.82) is 0 Å². The minimum Gasteiger partial charge on any atom is -0.378 e. The van der Waals surface area contributed by atoms with Crippen molar-refractivity contribution < 1.29 is 9.59 Å². The van der Waals surface area contributed by atoms with Gasteiger partial charge in [-0.3, -0.25) is 14.5 Å². The van der Waals surface area contributed by atoms with Crippen LogP contribution in [0, 0.1) is 0 Å². The SMILES string of the molecule is CN(C)c1ccc(CNC(=O)CN2CCN(C(=O)c3ccccc3)CC2)cc1. The number of carbonyl (C=O) groups excluding carboxylic acids is 2. The summed E-state index contributed by atoms with van der Waals surface area (Å²) < 4.78 is 0. The molecule has 28 heavy (non-hydrogen) atoms. The lowest BCUT2D eigenvalue weighted by Crippen LogP contribution is -2.51. The third kappa shape index (κ3) is 5.33. The highest BCUT2D eigenvalue weighted by Gasteiger charge is 2.23. The molecule has 0 spiro atoms. The van der Waals surface area contributed by atoms with E-state index in [4.69, 9.17) is 0 Å². The number of nitrogens with zero attached hydrogens (tertiary/aromatic N) is 3. The van der Waals surface area contributed by atoms with Crippen LogP contribution in [0.15, 0.2) is 54.6 Å². The number of carbonyl (C=O) groups is 2. The first-order valence-electron chi connectivity index (χ1n) is 9.62. The number of benzene rings is 2. The molecule has 0 atom stereocenters. The van der Waals surface area contributed by atoms with Crippen LogP contribution in [-0.2, 0) is 11.3 Å². The van der Waals surface area contributed by atoms with Crippen molar-refractivity contribution in [3.8, 4) is 0 Å². The molecule has 1 saturated heterocycles. The molecule has 0 saturated carbocycles. The fraction of sp³-hybridized carbons (Fsp3) is 0.364. The maximum Gasteiger partial charge on any atom is 0.253 e. The molecule has 6 heteroatoms. The zero-order valence-corrected chi connectivity index (χ0v) is 16.6. The van der Waals surface area contributed by atoms with Crippen LogP contribution in [-0.4, -0.2) is 68.4 Å². The Kier molecular flexibility index (Phi) is 6.66. The molecule has 0 unspecified atom stereocenters. The van der Waals surface area contributed by atoms with Crippen LogP contribution in [0.1, 0.15) is 15.9 Å². The number of nitrogens with one attached hydrogen (secondary N) is 1. The van der Waals surface area contributed by atoms with Gasteiger partial charge in [0, 0.05) is 58.1 Å². The monoisotopic (exact) mass is 380 g/mol. The van der Waals surface area contributed by atoms with E-state index >= 15 is 0 Å². The van der Waals surface area contributed by atoms with Crippen LogP contribution < -0.4 is 10.2 Å². The first kappa shape index (κ1) is 19.9. The van der Waals surface area contributed by atoms with Gasteiger partial charge in [0.25, 0.3) is 5.91 Å². The Morgan fingerprint density at radius 3 is 2.18 bits per heavy atom. The topological polar surface area (TPSA) is 55.9 Å². The predicted octanol–water partition coefficient (Wildman–Crippen LogP) is 1.83. The summed E-state index contributed by atoms with van der Waals surface area (Å²) in [6, 6.07) is 17.5. The highest BCUT2D eigenvalue weighted by Crippen LogP contribution is 2.12. The summed E-state index contributed by atoms with van der Waals surface area (Å²) in [5.41, 5.74) is 2.93. The minimum absolute atomic E-state index is 0.0134. The zero-order chi connectivity index (χ0) is 19.9. The van der Waals surface area contributed by atoms with Crippen LogP contribution in [0.2, 0.25) is 0 Å². The van der Waals surface area contributed by atoms with Gasteiger partial charge in [0.2, 0.25) is 5.91 Å². The molecule has 1 fully saturated rings. The van der Waals surface area contributed by atoms with Crippen molar-refractivity contribution in [3.05, 3.63) is 65.7 Å². The average Bonchev–Trinajstić information content (AvgIpc) is 2.73. The van der Waals surface area contributed by atoms with E-state index in [0.717, 1.165) is 11.3 Å². The zero-order valence-electron chi connectivity index (χ0n) is 16.6. The fourth-order valence-electron chi connectivity index (χ4n) is 3.24. The van der Waals surface area contributed by atoms with E-state index < -0.39 is 0 Å². The summed E-state index contributed by atoms with van der Waals surface area (Å²) in [6.45, 7) is 3.61. The van der Waals surface area contributed by atoms with E-state index in [-0.39, 0.29) is 11.8 Å². The summed E-state index contributed by atoms with van der Waals surface area (Å²) in [5, 5.41) is 2.98. The molecule has 1 N–H and O–H groups in total. The van der Waals surface area contributed by atoms with E-state index in [1.165, 1.54) is 0 Å². The number of rotatable bonds is 6. The normalized spacial score (nSPS) is 14.6. The van der Waals surface area contributed by atoms with E-state index in [9.17, 15) is 9.59 Å². The number of hydrogen-bond donors (Lipinski definition) is 1. The van der Waals surface area contributed by atoms with Crippen molar-refractivity contribution >= 4 is 17.5 Å². The van der Waals surface area contributed by atoms with E-state index in [0.29, 0.717) is 44.8 Å². The van der Waals surface area contributed by atoms with Gasteiger partial charge in [0.1, 0.15) is 0 Å². The second kappa shape index (κ2) is 9.37. The van der Waals surface area contributed by atoms with Crippen molar-refractivity contribution in [2.45, 2.75) is 6.54 Å². The summed E-state index contributed by atoms with van der Waals surface area (Å²) >= 11 is 0. The van der Waals surface area contributed by atoms with Crippen LogP contribution in [0.25, 0.3) is 0 Å². The van der Waals surface area contributed by atoms with E-state index in [1.807, 2.05) is 78.5 Å². The molecule has 2 amide bonds. The smallest absolute Gasteiger partial charge is 0.253 e. The largest absolute Gasteiger partial charge is 0.378 e. The Labute approximate surface area is 166 Å². The molecule has 2 aromatic rings. The number of hydrogen-bond acceptors (Lipinski definition) is 4. The van der Waals surface area contributed by atoms with Gasteiger partial charge < -0.3 is 15.1 Å². The first-order valence-corrected chi connectivity index (χ1v) is 9.62. The first-order chi connectivity index (χ1) is 13.5. The quantitative estimate of drug-likeness (QED) is 0.831. The molecule has 0 radical (unpaired) electrons. The Bertz CT molecular complexity index is 782. The predicted molar refractivity (Wildman–Crippen MR) is 111 cm³/mol. The van der Waals surface area contributed by atoms with Crippen LogP contribution >= 0.6 is 0 Å². The van der Waals surface area contributed by atoms with Gasteiger partial charge in [-0.15, -0.1) is 0 Å². The van der Waals surface area contributed by atoms with Crippen LogP contribution in [0.3, 0.4) is 0 Å². The highest BCUT2D eigenvalue weighted by molar-refractivity contribution is 5.94. The second-order valence-electron chi connectivity index (χ2n) is 7.27. The summed E-state index contributed by atoms with van der Waals surface area (Å²) in [4.78, 5) is 30.7. The lowest BCUT2D eigenvalue weighted by atomic mass is 10.2. The lowest BCUT2D eigenvalue weighted by molar-refractivity contribution is -0.122. The summed E-state index contributed by atoms with van der Waals surface area (Å²) in [6.07, 6.45) is 0. The molecule has 6 nitrogen and oxygen atoms in total. The Morgan fingerprint density at radius 1 is 0.929 bits per heavy atom. The molecule has 1 aliphatic heterocycles. The molecular weight excluding hydrogens is 352 g/mol. The van der Waals surface area contributed by atoms with Gasteiger partial charge >= 0.3 is 0 Å². The molecular formula is C22H28N4O2. The highest BCUT2D eigenvalue weighted by atomic mass is 16.2. The summed E-state index contributed by atoms with van der Waals surface area (Å²) in [5.74, 6) is 0.0744. The van der Waals surface area contributed by atoms with Crippen molar-refractivity contribution in [2.75, 3.05) is 51.7 Å².